The fourth-order valence-electron chi connectivity index (χ4n) is 2.78. The molecule has 0 aliphatic carbocycles. The molecule has 0 aliphatic heterocycles. The number of guanidine groups is 1. The number of anilines is 1. The number of halogens is 1. The van der Waals surface area contributed by atoms with Crippen LogP contribution in [0.25, 0.3) is 0 Å². The van der Waals surface area contributed by atoms with Crippen molar-refractivity contribution in [1.82, 2.24) is 20.3 Å². The molecule has 10 heteroatoms. The van der Waals surface area contributed by atoms with Crippen molar-refractivity contribution in [2.75, 3.05) is 44.7 Å². The van der Waals surface area contributed by atoms with Crippen LogP contribution in [0.1, 0.15) is 12.5 Å². The molecule has 1 aromatic carbocycles. The Labute approximate surface area is 196 Å². The SMILES string of the molecule is CCN(CCNC(=NC)NCCNS(=O)(=O)c1cccnc1)c1cccc(C)c1.I. The van der Waals surface area contributed by atoms with Crippen LogP contribution in [0.5, 0.6) is 0 Å². The van der Waals surface area contributed by atoms with Gasteiger partial charge in [-0.05, 0) is 43.7 Å². The Balaban J connectivity index is 0.00000450. The number of aryl methyl sites for hydroxylation is 1. The van der Waals surface area contributed by atoms with Gasteiger partial charge in [0.25, 0.3) is 0 Å². The molecule has 0 fully saturated rings. The predicted octanol–water partition coefficient (Wildman–Crippen LogP) is 1.98. The molecule has 166 valence electrons. The molecule has 0 radical (unpaired) electrons. The number of hydrogen-bond acceptors (Lipinski definition) is 5. The highest BCUT2D eigenvalue weighted by molar-refractivity contribution is 14.0. The standard InChI is InChI=1S/C20H30N6O2S.HI/c1-4-26(18-8-5-7-17(2)15-18)14-13-24-20(21-3)23-11-12-25-29(27,28)19-9-6-10-22-16-19;/h5-10,15-16,25H,4,11-14H2,1-3H3,(H2,21,23,24);1H. The van der Waals surface area contributed by atoms with E-state index in [1.165, 1.54) is 29.7 Å². The van der Waals surface area contributed by atoms with Crippen LogP contribution in [0, 0.1) is 6.92 Å². The molecular formula is C20H31IN6O2S. The fraction of sp³-hybridized carbons (Fsp3) is 0.400. The van der Waals surface area contributed by atoms with Crippen LogP contribution in [0.15, 0.2) is 58.7 Å². The van der Waals surface area contributed by atoms with Crippen molar-refractivity contribution in [2.24, 2.45) is 4.99 Å². The molecule has 2 rings (SSSR count). The Bertz CT molecular complexity index is 893. The first-order valence-corrected chi connectivity index (χ1v) is 11.1. The predicted molar refractivity (Wildman–Crippen MR) is 133 cm³/mol. The Morgan fingerprint density at radius 2 is 1.90 bits per heavy atom. The summed E-state index contributed by atoms with van der Waals surface area (Å²) in [6.45, 7) is 7.31. The second-order valence-electron chi connectivity index (χ2n) is 6.43. The Hall–Kier alpha value is -1.92. The number of aromatic nitrogens is 1. The molecule has 2 aromatic rings. The first kappa shape index (κ1) is 26.1. The number of hydrogen-bond donors (Lipinski definition) is 3. The van der Waals surface area contributed by atoms with E-state index in [9.17, 15) is 8.42 Å². The van der Waals surface area contributed by atoms with Gasteiger partial charge in [-0.25, -0.2) is 13.1 Å². The number of pyridine rings is 1. The van der Waals surface area contributed by atoms with E-state index in [4.69, 9.17) is 0 Å². The molecule has 0 aliphatic rings. The lowest BCUT2D eigenvalue weighted by Crippen LogP contribution is -2.44. The summed E-state index contributed by atoms with van der Waals surface area (Å²) in [5, 5.41) is 6.37. The molecule has 0 saturated heterocycles. The smallest absolute Gasteiger partial charge is 0.242 e. The third kappa shape index (κ3) is 8.44. The van der Waals surface area contributed by atoms with Crippen molar-refractivity contribution >= 4 is 45.6 Å². The zero-order valence-corrected chi connectivity index (χ0v) is 20.8. The summed E-state index contributed by atoms with van der Waals surface area (Å²) < 4.78 is 26.9. The van der Waals surface area contributed by atoms with E-state index in [-0.39, 0.29) is 35.4 Å². The minimum Gasteiger partial charge on any atom is -0.370 e. The van der Waals surface area contributed by atoms with Crippen LogP contribution in [0.4, 0.5) is 5.69 Å². The van der Waals surface area contributed by atoms with E-state index in [1.54, 1.807) is 13.1 Å². The average molecular weight is 546 g/mol. The molecular weight excluding hydrogens is 515 g/mol. The Kier molecular flexibility index (Phi) is 11.7. The summed E-state index contributed by atoms with van der Waals surface area (Å²) >= 11 is 0. The lowest BCUT2D eigenvalue weighted by Gasteiger charge is -2.24. The van der Waals surface area contributed by atoms with Gasteiger partial charge in [0.15, 0.2) is 5.96 Å². The molecule has 8 nitrogen and oxygen atoms in total. The van der Waals surface area contributed by atoms with Gasteiger partial charge in [0.05, 0.1) is 0 Å². The maximum atomic E-state index is 12.2. The van der Waals surface area contributed by atoms with E-state index in [1.807, 2.05) is 0 Å². The maximum Gasteiger partial charge on any atom is 0.242 e. The fourth-order valence-corrected chi connectivity index (χ4v) is 3.77. The summed E-state index contributed by atoms with van der Waals surface area (Å²) in [5.41, 5.74) is 2.43. The molecule has 1 aromatic heterocycles. The average Bonchev–Trinajstić information content (AvgIpc) is 2.73. The van der Waals surface area contributed by atoms with Crippen LogP contribution < -0.4 is 20.3 Å². The molecule has 0 spiro atoms. The molecule has 1 heterocycles. The number of rotatable bonds is 10. The molecule has 0 atom stereocenters. The van der Waals surface area contributed by atoms with Gasteiger partial charge in [0.2, 0.25) is 10.0 Å². The summed E-state index contributed by atoms with van der Waals surface area (Å²) in [5.74, 6) is 0.630. The van der Waals surface area contributed by atoms with E-state index in [0.29, 0.717) is 19.0 Å². The molecule has 0 amide bonds. The summed E-state index contributed by atoms with van der Waals surface area (Å²) in [6.07, 6.45) is 2.86. The molecule has 0 unspecified atom stereocenters. The zero-order valence-electron chi connectivity index (χ0n) is 17.6. The monoisotopic (exact) mass is 546 g/mol. The summed E-state index contributed by atoms with van der Waals surface area (Å²) in [7, 11) is -1.86. The van der Waals surface area contributed by atoms with Crippen LogP contribution in [0.3, 0.4) is 0 Å². The van der Waals surface area contributed by atoms with Crippen LogP contribution in [-0.4, -0.2) is 59.1 Å². The number of nitrogens with one attached hydrogen (secondary N) is 3. The highest BCUT2D eigenvalue weighted by Crippen LogP contribution is 2.14. The quantitative estimate of drug-likeness (QED) is 0.183. The van der Waals surface area contributed by atoms with Crippen LogP contribution in [-0.2, 0) is 10.0 Å². The topological polar surface area (TPSA) is 98.7 Å². The van der Waals surface area contributed by atoms with Gasteiger partial charge < -0.3 is 15.5 Å². The Morgan fingerprint density at radius 3 is 2.53 bits per heavy atom. The van der Waals surface area contributed by atoms with Crippen LogP contribution in [0.2, 0.25) is 0 Å². The van der Waals surface area contributed by atoms with Crippen molar-refractivity contribution in [3.63, 3.8) is 0 Å². The van der Waals surface area contributed by atoms with Gasteiger partial charge in [-0.2, -0.15) is 0 Å². The molecule has 0 saturated carbocycles. The lowest BCUT2D eigenvalue weighted by atomic mass is 10.2. The Morgan fingerprint density at radius 1 is 1.13 bits per heavy atom. The van der Waals surface area contributed by atoms with E-state index < -0.39 is 10.0 Å². The van der Waals surface area contributed by atoms with E-state index >= 15 is 0 Å². The van der Waals surface area contributed by atoms with Gasteiger partial charge >= 0.3 is 0 Å². The van der Waals surface area contributed by atoms with Crippen molar-refractivity contribution in [3.05, 3.63) is 54.4 Å². The lowest BCUT2D eigenvalue weighted by molar-refractivity contribution is 0.580. The van der Waals surface area contributed by atoms with Crippen molar-refractivity contribution in [1.29, 1.82) is 0 Å². The molecule has 30 heavy (non-hydrogen) atoms. The number of sulfonamides is 1. The number of likely N-dealkylation sites (N-methyl/N-ethyl adjacent to an activating group) is 1. The highest BCUT2D eigenvalue weighted by Gasteiger charge is 2.12. The van der Waals surface area contributed by atoms with E-state index in [0.717, 1.165) is 13.1 Å². The molecule has 0 bridgehead atoms. The van der Waals surface area contributed by atoms with E-state index in [2.05, 4.69) is 68.3 Å². The minimum atomic E-state index is -3.55. The highest BCUT2D eigenvalue weighted by atomic mass is 127. The van der Waals surface area contributed by atoms with Crippen molar-refractivity contribution in [3.8, 4) is 0 Å². The van der Waals surface area contributed by atoms with Gasteiger partial charge in [0.1, 0.15) is 4.90 Å². The van der Waals surface area contributed by atoms with Crippen LogP contribution >= 0.6 is 24.0 Å². The third-order valence-electron chi connectivity index (χ3n) is 4.30. The normalized spacial score (nSPS) is 11.5. The third-order valence-corrected chi connectivity index (χ3v) is 5.75. The van der Waals surface area contributed by atoms with Crippen molar-refractivity contribution in [2.45, 2.75) is 18.7 Å². The van der Waals surface area contributed by atoms with Gasteiger partial charge in [0, 0.05) is 57.9 Å². The molecule has 3 N–H and O–H groups in total. The van der Waals surface area contributed by atoms with Crippen molar-refractivity contribution < 1.29 is 8.42 Å². The number of benzene rings is 1. The van der Waals surface area contributed by atoms with Gasteiger partial charge in [-0.15, -0.1) is 24.0 Å². The van der Waals surface area contributed by atoms with Gasteiger partial charge in [-0.1, -0.05) is 12.1 Å². The first-order valence-electron chi connectivity index (χ1n) is 9.62. The number of aliphatic imine (C=N–C) groups is 1. The van der Waals surface area contributed by atoms with Gasteiger partial charge in [-0.3, -0.25) is 9.98 Å². The number of nitrogens with zero attached hydrogens (tertiary/aromatic N) is 3. The maximum absolute atomic E-state index is 12.2. The first-order chi connectivity index (χ1) is 14.0. The second kappa shape index (κ2) is 13.4. The largest absolute Gasteiger partial charge is 0.370 e. The zero-order chi connectivity index (χ0) is 21.1. The summed E-state index contributed by atoms with van der Waals surface area (Å²) in [4.78, 5) is 10.5. The second-order valence-corrected chi connectivity index (χ2v) is 8.20. The summed E-state index contributed by atoms with van der Waals surface area (Å²) in [6, 6.07) is 11.5. The minimum absolute atomic E-state index is 0.